The molecule has 3 aromatic rings. The fourth-order valence-electron chi connectivity index (χ4n) is 3.09. The smallest absolute Gasteiger partial charge is 0.274 e. The Morgan fingerprint density at radius 2 is 1.96 bits per heavy atom. The Kier molecular flexibility index (Phi) is 4.43. The van der Waals surface area contributed by atoms with Gasteiger partial charge in [0, 0.05) is 17.5 Å². The van der Waals surface area contributed by atoms with Crippen LogP contribution in [0.5, 0.6) is 0 Å². The van der Waals surface area contributed by atoms with E-state index in [0.29, 0.717) is 17.1 Å². The number of amides is 1. The van der Waals surface area contributed by atoms with Crippen molar-refractivity contribution in [3.63, 3.8) is 0 Å². The van der Waals surface area contributed by atoms with Crippen LogP contribution in [-0.2, 0) is 19.4 Å². The van der Waals surface area contributed by atoms with Crippen molar-refractivity contribution in [3.8, 4) is 11.3 Å². The number of aryl methyl sites for hydroxylation is 1. The molecular formula is C19H17FN4O2. The molecule has 2 heterocycles. The van der Waals surface area contributed by atoms with Gasteiger partial charge in [0.25, 0.3) is 5.91 Å². The van der Waals surface area contributed by atoms with Gasteiger partial charge in [-0.25, -0.2) is 14.4 Å². The number of halogens is 1. The van der Waals surface area contributed by atoms with E-state index in [4.69, 9.17) is 4.52 Å². The van der Waals surface area contributed by atoms with Gasteiger partial charge in [0.2, 0.25) is 0 Å². The van der Waals surface area contributed by atoms with Gasteiger partial charge < -0.3 is 9.84 Å². The average Bonchev–Trinajstić information content (AvgIpc) is 3.11. The first-order valence-corrected chi connectivity index (χ1v) is 8.53. The highest BCUT2D eigenvalue weighted by Crippen LogP contribution is 2.24. The van der Waals surface area contributed by atoms with Gasteiger partial charge >= 0.3 is 0 Å². The van der Waals surface area contributed by atoms with Crippen LogP contribution in [0.2, 0.25) is 0 Å². The van der Waals surface area contributed by atoms with Gasteiger partial charge in [-0.05, 0) is 49.6 Å². The van der Waals surface area contributed by atoms with E-state index in [-0.39, 0.29) is 18.3 Å². The van der Waals surface area contributed by atoms with Gasteiger partial charge in [-0.1, -0.05) is 5.16 Å². The number of aromatic nitrogens is 3. The maximum atomic E-state index is 13.1. The van der Waals surface area contributed by atoms with Crippen LogP contribution in [-0.4, -0.2) is 21.0 Å². The van der Waals surface area contributed by atoms with Gasteiger partial charge in [0.1, 0.15) is 17.9 Å². The van der Waals surface area contributed by atoms with Crippen molar-refractivity contribution in [1.82, 2.24) is 20.4 Å². The number of nitrogens with one attached hydrogen (secondary N) is 1. The summed E-state index contributed by atoms with van der Waals surface area (Å²) in [5.74, 6) is 0.257. The number of hydrogen-bond acceptors (Lipinski definition) is 5. The summed E-state index contributed by atoms with van der Waals surface area (Å²) in [5, 5.41) is 6.76. The predicted molar refractivity (Wildman–Crippen MR) is 91.7 cm³/mol. The second-order valence-corrected chi connectivity index (χ2v) is 6.22. The maximum absolute atomic E-state index is 13.1. The molecule has 132 valence electrons. The lowest BCUT2D eigenvalue weighted by Gasteiger charge is -2.09. The third-order valence-corrected chi connectivity index (χ3v) is 4.46. The number of rotatable bonds is 4. The van der Waals surface area contributed by atoms with E-state index in [9.17, 15) is 9.18 Å². The van der Waals surface area contributed by atoms with Crippen LogP contribution in [0.25, 0.3) is 11.3 Å². The Morgan fingerprint density at radius 3 is 2.81 bits per heavy atom. The lowest BCUT2D eigenvalue weighted by atomic mass is 9.96. The van der Waals surface area contributed by atoms with Gasteiger partial charge in [0.15, 0.2) is 5.69 Å². The molecule has 26 heavy (non-hydrogen) atoms. The van der Waals surface area contributed by atoms with Crippen molar-refractivity contribution >= 4 is 5.91 Å². The quantitative estimate of drug-likeness (QED) is 0.780. The first-order valence-electron chi connectivity index (χ1n) is 8.53. The standard InChI is InChI=1S/C19H17FN4O2/c20-13-7-5-12(6-8-13)16-9-14(22-11-23-16)10-21-19(25)18-15-3-1-2-4-17(15)26-24-18/h5-9,11H,1-4,10H2,(H,21,25). The molecule has 0 unspecified atom stereocenters. The number of carbonyl (C=O) groups is 1. The first-order chi connectivity index (χ1) is 12.7. The fraction of sp³-hybridized carbons (Fsp3) is 0.263. The van der Waals surface area contributed by atoms with Crippen molar-refractivity contribution in [2.75, 3.05) is 0 Å². The predicted octanol–water partition coefficient (Wildman–Crippen LogP) is 3.08. The summed E-state index contributed by atoms with van der Waals surface area (Å²) in [6.07, 6.45) is 5.20. The Hall–Kier alpha value is -3.09. The van der Waals surface area contributed by atoms with Crippen molar-refractivity contribution in [2.24, 2.45) is 0 Å². The van der Waals surface area contributed by atoms with E-state index < -0.39 is 0 Å². The highest BCUT2D eigenvalue weighted by atomic mass is 19.1. The number of fused-ring (bicyclic) bond motifs is 1. The van der Waals surface area contributed by atoms with E-state index in [0.717, 1.165) is 42.6 Å². The minimum Gasteiger partial charge on any atom is -0.360 e. The summed E-state index contributed by atoms with van der Waals surface area (Å²) in [4.78, 5) is 20.8. The zero-order valence-corrected chi connectivity index (χ0v) is 14.0. The third kappa shape index (κ3) is 3.33. The first kappa shape index (κ1) is 16.4. The molecule has 0 fully saturated rings. The lowest BCUT2D eigenvalue weighted by molar-refractivity contribution is 0.0940. The molecule has 0 aliphatic heterocycles. The summed E-state index contributed by atoms with van der Waals surface area (Å²) in [5.41, 5.74) is 3.40. The SMILES string of the molecule is O=C(NCc1cc(-c2ccc(F)cc2)ncn1)c1noc2c1CCCC2. The van der Waals surface area contributed by atoms with E-state index in [2.05, 4.69) is 20.4 Å². The monoisotopic (exact) mass is 352 g/mol. The van der Waals surface area contributed by atoms with Crippen LogP contribution in [0.4, 0.5) is 4.39 Å². The molecule has 0 bridgehead atoms. The Morgan fingerprint density at radius 1 is 1.15 bits per heavy atom. The Labute approximate surface area is 149 Å². The van der Waals surface area contributed by atoms with Crippen molar-refractivity contribution in [3.05, 3.63) is 65.2 Å². The average molecular weight is 352 g/mol. The summed E-state index contributed by atoms with van der Waals surface area (Å²) in [6, 6.07) is 7.84. The minimum atomic E-state index is -0.300. The fourth-order valence-corrected chi connectivity index (χ4v) is 3.09. The number of hydrogen-bond donors (Lipinski definition) is 1. The molecule has 6 nitrogen and oxygen atoms in total. The second-order valence-electron chi connectivity index (χ2n) is 6.22. The summed E-state index contributed by atoms with van der Waals surface area (Å²) >= 11 is 0. The molecule has 7 heteroatoms. The molecule has 0 atom stereocenters. The van der Waals surface area contributed by atoms with E-state index in [1.54, 1.807) is 18.2 Å². The molecule has 1 amide bonds. The van der Waals surface area contributed by atoms with E-state index in [1.807, 2.05) is 0 Å². The van der Waals surface area contributed by atoms with Crippen LogP contribution in [0.3, 0.4) is 0 Å². The van der Waals surface area contributed by atoms with Crippen molar-refractivity contribution < 1.29 is 13.7 Å². The number of nitrogens with zero attached hydrogens (tertiary/aromatic N) is 3. The highest BCUT2D eigenvalue weighted by molar-refractivity contribution is 5.93. The summed E-state index contributed by atoms with van der Waals surface area (Å²) < 4.78 is 18.3. The number of carbonyl (C=O) groups excluding carboxylic acids is 1. The largest absolute Gasteiger partial charge is 0.360 e. The van der Waals surface area contributed by atoms with Gasteiger partial charge in [-0.15, -0.1) is 0 Å². The van der Waals surface area contributed by atoms with Crippen molar-refractivity contribution in [1.29, 1.82) is 0 Å². The molecule has 0 radical (unpaired) electrons. The van der Waals surface area contributed by atoms with Crippen LogP contribution in [0.15, 0.2) is 41.2 Å². The molecule has 0 spiro atoms. The minimum absolute atomic E-state index is 0.247. The summed E-state index contributed by atoms with van der Waals surface area (Å²) in [6.45, 7) is 0.247. The lowest BCUT2D eigenvalue weighted by Crippen LogP contribution is -2.25. The molecule has 1 N–H and O–H groups in total. The molecule has 1 aliphatic carbocycles. The molecule has 2 aromatic heterocycles. The molecule has 1 aromatic carbocycles. The van der Waals surface area contributed by atoms with Gasteiger partial charge in [-0.3, -0.25) is 4.79 Å². The van der Waals surface area contributed by atoms with Crippen molar-refractivity contribution in [2.45, 2.75) is 32.2 Å². The van der Waals surface area contributed by atoms with Crippen LogP contribution >= 0.6 is 0 Å². The molecule has 0 saturated heterocycles. The van der Waals surface area contributed by atoms with Crippen LogP contribution < -0.4 is 5.32 Å². The summed E-state index contributed by atoms with van der Waals surface area (Å²) in [7, 11) is 0. The van der Waals surface area contributed by atoms with Crippen LogP contribution in [0.1, 0.15) is 40.3 Å². The normalized spacial score (nSPS) is 13.3. The zero-order chi connectivity index (χ0) is 17.9. The Balaban J connectivity index is 1.46. The molecular weight excluding hydrogens is 335 g/mol. The second kappa shape index (κ2) is 7.03. The third-order valence-electron chi connectivity index (χ3n) is 4.46. The van der Waals surface area contributed by atoms with Gasteiger partial charge in [-0.2, -0.15) is 0 Å². The molecule has 4 rings (SSSR count). The Bertz CT molecular complexity index is 937. The highest BCUT2D eigenvalue weighted by Gasteiger charge is 2.23. The number of benzene rings is 1. The van der Waals surface area contributed by atoms with E-state index >= 15 is 0 Å². The van der Waals surface area contributed by atoms with E-state index in [1.165, 1.54) is 18.5 Å². The molecule has 0 saturated carbocycles. The van der Waals surface area contributed by atoms with Gasteiger partial charge in [0.05, 0.1) is 17.9 Å². The topological polar surface area (TPSA) is 80.9 Å². The van der Waals surface area contributed by atoms with Crippen LogP contribution in [0, 0.1) is 5.82 Å². The molecule has 1 aliphatic rings. The zero-order valence-electron chi connectivity index (χ0n) is 14.0. The maximum Gasteiger partial charge on any atom is 0.274 e.